The highest BCUT2D eigenvalue weighted by Gasteiger charge is 2.48. The number of rotatable bonds is 4. The molecule has 0 aliphatic carbocycles. The summed E-state index contributed by atoms with van der Waals surface area (Å²) in [5.74, 6) is 1.35. The Morgan fingerprint density at radius 2 is 1.93 bits per heavy atom. The normalized spacial score (nSPS) is 33.2. The Kier molecular flexibility index (Phi) is 5.90. The molecule has 7 heteroatoms. The summed E-state index contributed by atoms with van der Waals surface area (Å²) in [6.07, 6.45) is 7.07. The van der Waals surface area contributed by atoms with E-state index in [4.69, 9.17) is 0 Å². The average Bonchev–Trinajstić information content (AvgIpc) is 2.69. The first-order valence-electron chi connectivity index (χ1n) is 11.1. The minimum Gasteiger partial charge on any atom is -0.353 e. The van der Waals surface area contributed by atoms with Gasteiger partial charge >= 0.3 is 0 Å². The van der Waals surface area contributed by atoms with Crippen LogP contribution in [0.2, 0.25) is 0 Å². The van der Waals surface area contributed by atoms with Crippen LogP contribution in [0.4, 0.5) is 0 Å². The summed E-state index contributed by atoms with van der Waals surface area (Å²) in [4.78, 5) is 42.9. The molecule has 0 aromatic heterocycles. The molecule has 7 nitrogen and oxygen atoms in total. The molecule has 0 aromatic carbocycles. The van der Waals surface area contributed by atoms with Crippen LogP contribution in [0.25, 0.3) is 0 Å². The van der Waals surface area contributed by atoms with E-state index in [0.29, 0.717) is 37.4 Å². The van der Waals surface area contributed by atoms with E-state index in [0.717, 1.165) is 19.4 Å². The Hall–Kier alpha value is -1.63. The van der Waals surface area contributed by atoms with Crippen LogP contribution in [0, 0.1) is 11.8 Å². The third kappa shape index (κ3) is 3.91. The Morgan fingerprint density at radius 1 is 1.14 bits per heavy atom. The van der Waals surface area contributed by atoms with Gasteiger partial charge < -0.3 is 15.1 Å². The van der Waals surface area contributed by atoms with Crippen LogP contribution in [0.15, 0.2) is 0 Å². The van der Waals surface area contributed by atoms with Gasteiger partial charge in [0.05, 0.1) is 6.54 Å². The van der Waals surface area contributed by atoms with Gasteiger partial charge in [-0.1, -0.05) is 0 Å². The van der Waals surface area contributed by atoms with Crippen molar-refractivity contribution >= 4 is 17.7 Å². The zero-order chi connectivity index (χ0) is 19.7. The second-order valence-electron chi connectivity index (χ2n) is 9.03. The molecule has 28 heavy (non-hydrogen) atoms. The number of carbonyl (C=O) groups excluding carboxylic acids is 3. The molecule has 3 amide bonds. The highest BCUT2D eigenvalue weighted by Crippen LogP contribution is 2.43. The predicted molar refractivity (Wildman–Crippen MR) is 105 cm³/mol. The van der Waals surface area contributed by atoms with Crippen molar-refractivity contribution in [3.8, 4) is 0 Å². The summed E-state index contributed by atoms with van der Waals surface area (Å²) in [5, 5.41) is 2.76. The number of carbonyl (C=O) groups is 3. The van der Waals surface area contributed by atoms with Gasteiger partial charge in [-0.25, -0.2) is 0 Å². The van der Waals surface area contributed by atoms with Crippen molar-refractivity contribution < 1.29 is 14.4 Å². The smallest absolute Gasteiger partial charge is 0.239 e. The molecule has 0 unspecified atom stereocenters. The maximum Gasteiger partial charge on any atom is 0.239 e. The molecule has 4 aliphatic rings. The van der Waals surface area contributed by atoms with Crippen LogP contribution in [0.1, 0.15) is 51.9 Å². The molecule has 4 saturated heterocycles. The van der Waals surface area contributed by atoms with E-state index in [9.17, 15) is 14.4 Å². The van der Waals surface area contributed by atoms with Crippen LogP contribution >= 0.6 is 0 Å². The number of piperidine rings is 3. The van der Waals surface area contributed by atoms with Crippen molar-refractivity contribution in [1.29, 1.82) is 0 Å². The topological polar surface area (TPSA) is 73.0 Å². The van der Waals surface area contributed by atoms with Gasteiger partial charge in [0.25, 0.3) is 0 Å². The van der Waals surface area contributed by atoms with Gasteiger partial charge in [0.2, 0.25) is 17.7 Å². The Labute approximate surface area is 167 Å². The van der Waals surface area contributed by atoms with Gasteiger partial charge in [0, 0.05) is 45.1 Å². The van der Waals surface area contributed by atoms with Crippen LogP contribution in [0.5, 0.6) is 0 Å². The Bertz CT molecular complexity index is 623. The zero-order valence-electron chi connectivity index (χ0n) is 17.1. The monoisotopic (exact) mass is 390 g/mol. The fourth-order valence-corrected chi connectivity index (χ4v) is 6.20. The van der Waals surface area contributed by atoms with Crippen molar-refractivity contribution in [2.24, 2.45) is 11.8 Å². The third-order valence-corrected chi connectivity index (χ3v) is 7.36. The predicted octanol–water partition coefficient (Wildman–Crippen LogP) is 0.836. The van der Waals surface area contributed by atoms with Crippen LogP contribution < -0.4 is 5.32 Å². The molecule has 4 atom stereocenters. The van der Waals surface area contributed by atoms with Crippen molar-refractivity contribution in [3.63, 3.8) is 0 Å². The van der Waals surface area contributed by atoms with Crippen LogP contribution in [-0.2, 0) is 14.4 Å². The quantitative estimate of drug-likeness (QED) is 0.772. The minimum atomic E-state index is -0.0692. The molecule has 0 saturated carbocycles. The van der Waals surface area contributed by atoms with Crippen LogP contribution in [-0.4, -0.2) is 83.8 Å². The molecule has 0 bridgehead atoms. The summed E-state index contributed by atoms with van der Waals surface area (Å²) in [6, 6.07) is 0.890. The average molecular weight is 391 g/mol. The first-order chi connectivity index (χ1) is 13.5. The first-order valence-corrected chi connectivity index (χ1v) is 11.1. The van der Waals surface area contributed by atoms with E-state index in [1.54, 1.807) is 11.8 Å². The fourth-order valence-electron chi connectivity index (χ4n) is 6.20. The number of hydrogen-bond acceptors (Lipinski definition) is 4. The number of likely N-dealkylation sites (tertiary alicyclic amines) is 1. The standard InChI is InChI=1S/C21H34N4O3/c1-15(26)25-13-16-5-3-10-23-11-4-6-17(21(16)23)18(25)7-2-8-20(28)24-12-9-22-19(27)14-24/h16-18,21H,2-14H2,1H3,(H,22,27)/t16-,17+,18+,21-/m0/s1. The first kappa shape index (κ1) is 19.7. The second kappa shape index (κ2) is 8.39. The molecule has 4 fully saturated rings. The molecule has 1 N–H and O–H groups in total. The van der Waals surface area contributed by atoms with Gasteiger partial charge in [0.1, 0.15) is 0 Å². The number of nitrogens with zero attached hydrogens (tertiary/aromatic N) is 3. The highest BCUT2D eigenvalue weighted by atomic mass is 16.2. The molecule has 0 spiro atoms. The lowest BCUT2D eigenvalue weighted by Gasteiger charge is -2.57. The maximum atomic E-state index is 12.5. The largest absolute Gasteiger partial charge is 0.353 e. The molecule has 156 valence electrons. The lowest BCUT2D eigenvalue weighted by molar-refractivity contribution is -0.144. The number of nitrogens with one attached hydrogen (secondary N) is 1. The van der Waals surface area contributed by atoms with E-state index >= 15 is 0 Å². The van der Waals surface area contributed by atoms with Gasteiger partial charge in [0.15, 0.2) is 0 Å². The van der Waals surface area contributed by atoms with Crippen molar-refractivity contribution in [1.82, 2.24) is 20.0 Å². The summed E-state index contributed by atoms with van der Waals surface area (Å²) in [7, 11) is 0. The lowest BCUT2D eigenvalue weighted by Crippen LogP contribution is -2.65. The Morgan fingerprint density at radius 3 is 2.68 bits per heavy atom. The zero-order valence-corrected chi connectivity index (χ0v) is 17.1. The molecular formula is C21H34N4O3. The van der Waals surface area contributed by atoms with E-state index in [1.807, 2.05) is 0 Å². The number of hydrogen-bond donors (Lipinski definition) is 1. The summed E-state index contributed by atoms with van der Waals surface area (Å²) >= 11 is 0. The molecule has 4 heterocycles. The second-order valence-corrected chi connectivity index (χ2v) is 9.03. The van der Waals surface area contributed by atoms with E-state index in [-0.39, 0.29) is 30.3 Å². The van der Waals surface area contributed by atoms with Crippen LogP contribution in [0.3, 0.4) is 0 Å². The van der Waals surface area contributed by atoms with E-state index in [1.165, 1.54) is 38.8 Å². The Balaban J connectivity index is 1.39. The van der Waals surface area contributed by atoms with Gasteiger partial charge in [-0.15, -0.1) is 0 Å². The molecule has 4 rings (SSSR count). The molecule has 4 aliphatic heterocycles. The van der Waals surface area contributed by atoms with Gasteiger partial charge in [-0.05, 0) is 63.5 Å². The molecule has 0 radical (unpaired) electrons. The fraction of sp³-hybridized carbons (Fsp3) is 0.857. The number of amides is 3. The van der Waals surface area contributed by atoms with Crippen molar-refractivity contribution in [2.45, 2.75) is 64.0 Å². The minimum absolute atomic E-state index is 0.0692. The molecule has 0 aromatic rings. The van der Waals surface area contributed by atoms with E-state index in [2.05, 4.69) is 15.1 Å². The van der Waals surface area contributed by atoms with Crippen molar-refractivity contribution in [3.05, 3.63) is 0 Å². The molecular weight excluding hydrogens is 356 g/mol. The lowest BCUT2D eigenvalue weighted by atomic mass is 9.69. The van der Waals surface area contributed by atoms with E-state index < -0.39 is 0 Å². The van der Waals surface area contributed by atoms with Gasteiger partial charge in [-0.2, -0.15) is 0 Å². The SMILES string of the molecule is CC(=O)N1C[C@@H]2CCCN3CCC[C@@H]([C@H]23)[C@H]1CCCC(=O)N1CCNC(=O)C1. The summed E-state index contributed by atoms with van der Waals surface area (Å²) in [5.41, 5.74) is 0. The maximum absolute atomic E-state index is 12.5. The summed E-state index contributed by atoms with van der Waals surface area (Å²) < 4.78 is 0. The summed E-state index contributed by atoms with van der Waals surface area (Å²) in [6.45, 7) is 6.34. The highest BCUT2D eigenvalue weighted by molar-refractivity contribution is 5.85. The van der Waals surface area contributed by atoms with Gasteiger partial charge in [-0.3, -0.25) is 19.3 Å². The number of piperazine rings is 1. The van der Waals surface area contributed by atoms with Crippen molar-refractivity contribution in [2.75, 3.05) is 39.3 Å². The third-order valence-electron chi connectivity index (χ3n) is 7.36.